The monoisotopic (exact) mass is 323 g/mol. The number of rotatable bonds is 8. The first-order chi connectivity index (χ1) is 10.8. The van der Waals surface area contributed by atoms with Gasteiger partial charge in [-0.25, -0.2) is 5.43 Å². The molecule has 1 aromatic rings. The van der Waals surface area contributed by atoms with Crippen molar-refractivity contribution in [1.29, 1.82) is 0 Å². The summed E-state index contributed by atoms with van der Waals surface area (Å²) in [6.45, 7) is 5.75. The predicted octanol–water partition coefficient (Wildman–Crippen LogP) is 0.493. The van der Waals surface area contributed by atoms with Crippen molar-refractivity contribution in [3.63, 3.8) is 0 Å². The van der Waals surface area contributed by atoms with Gasteiger partial charge in [-0.15, -0.1) is 0 Å². The number of hydrogen-bond acceptors (Lipinski definition) is 6. The molecule has 128 valence electrons. The fraction of sp³-hybridized carbons (Fsp3) is 0.500. The molecule has 0 aliphatic rings. The third kappa shape index (κ3) is 8.92. The van der Waals surface area contributed by atoms with Crippen molar-refractivity contribution in [3.05, 3.63) is 35.9 Å². The van der Waals surface area contributed by atoms with Gasteiger partial charge in [0.05, 0.1) is 12.2 Å². The summed E-state index contributed by atoms with van der Waals surface area (Å²) < 4.78 is 10.5. The van der Waals surface area contributed by atoms with Crippen LogP contribution in [0.3, 0.4) is 0 Å². The highest BCUT2D eigenvalue weighted by Crippen LogP contribution is 2.06. The van der Waals surface area contributed by atoms with E-state index in [0.717, 1.165) is 5.56 Å². The molecule has 0 spiro atoms. The first kappa shape index (κ1) is 19.1. The van der Waals surface area contributed by atoms with Crippen LogP contribution < -0.4 is 16.6 Å². The molecule has 0 saturated carbocycles. The highest BCUT2D eigenvalue weighted by molar-refractivity contribution is 5.81. The Bertz CT molecular complexity index is 500. The maximum absolute atomic E-state index is 11.7. The Hall–Kier alpha value is -1.96. The average molecular weight is 323 g/mol. The zero-order valence-corrected chi connectivity index (χ0v) is 13.8. The molecule has 0 aliphatic heterocycles. The zero-order valence-electron chi connectivity index (χ0n) is 13.8. The Kier molecular flexibility index (Phi) is 7.67. The van der Waals surface area contributed by atoms with E-state index in [2.05, 4.69) is 10.9 Å². The molecule has 4 N–H and O–H groups in total. The number of ether oxygens (including phenoxy) is 2. The minimum atomic E-state index is -0.818. The van der Waals surface area contributed by atoms with Crippen molar-refractivity contribution in [2.75, 3.05) is 13.2 Å². The van der Waals surface area contributed by atoms with E-state index in [0.29, 0.717) is 0 Å². The van der Waals surface area contributed by atoms with Gasteiger partial charge in [-0.2, -0.15) is 0 Å². The third-order valence-electron chi connectivity index (χ3n) is 2.72. The van der Waals surface area contributed by atoms with Crippen molar-refractivity contribution in [3.8, 4) is 0 Å². The predicted molar refractivity (Wildman–Crippen MR) is 86.1 cm³/mol. The van der Waals surface area contributed by atoms with Crippen LogP contribution in [0, 0.1) is 0 Å². The topological polar surface area (TPSA) is 103 Å². The molecule has 23 heavy (non-hydrogen) atoms. The van der Waals surface area contributed by atoms with E-state index in [1.807, 2.05) is 51.1 Å². The number of esters is 1. The van der Waals surface area contributed by atoms with Crippen molar-refractivity contribution < 1.29 is 19.1 Å². The van der Waals surface area contributed by atoms with Gasteiger partial charge in [0, 0.05) is 0 Å². The van der Waals surface area contributed by atoms with E-state index in [-0.39, 0.29) is 25.4 Å². The fourth-order valence-corrected chi connectivity index (χ4v) is 1.50. The van der Waals surface area contributed by atoms with Gasteiger partial charge in [0.2, 0.25) is 0 Å². The highest BCUT2D eigenvalue weighted by atomic mass is 16.5. The summed E-state index contributed by atoms with van der Waals surface area (Å²) in [5.74, 6) is -0.932. The Morgan fingerprint density at radius 3 is 2.48 bits per heavy atom. The number of amides is 1. The van der Waals surface area contributed by atoms with Crippen LogP contribution >= 0.6 is 0 Å². The zero-order chi connectivity index (χ0) is 17.3. The molecule has 1 aromatic carbocycles. The number of hydrazine groups is 1. The molecule has 0 bridgehead atoms. The minimum Gasteiger partial charge on any atom is -0.460 e. The lowest BCUT2D eigenvalue weighted by Crippen LogP contribution is -2.51. The van der Waals surface area contributed by atoms with Crippen LogP contribution in [-0.2, 0) is 25.7 Å². The fourth-order valence-electron chi connectivity index (χ4n) is 1.50. The van der Waals surface area contributed by atoms with Crippen LogP contribution in [0.1, 0.15) is 26.3 Å². The molecule has 1 atom stereocenters. The maximum atomic E-state index is 11.7. The van der Waals surface area contributed by atoms with Crippen molar-refractivity contribution in [1.82, 2.24) is 10.9 Å². The first-order valence-electron chi connectivity index (χ1n) is 7.40. The van der Waals surface area contributed by atoms with Gasteiger partial charge in [-0.05, 0) is 26.3 Å². The number of carbonyl (C=O) groups is 2. The summed E-state index contributed by atoms with van der Waals surface area (Å²) in [7, 11) is 0. The molecule has 0 fully saturated rings. The van der Waals surface area contributed by atoms with Gasteiger partial charge >= 0.3 is 5.97 Å². The lowest BCUT2D eigenvalue weighted by molar-refractivity contribution is -0.144. The second-order valence-electron chi connectivity index (χ2n) is 6.02. The number of nitrogens with two attached hydrogens (primary N) is 1. The molecule has 1 rings (SSSR count). The van der Waals surface area contributed by atoms with Crippen LogP contribution in [-0.4, -0.2) is 36.7 Å². The number of nitrogens with one attached hydrogen (secondary N) is 2. The molecule has 0 aliphatic carbocycles. The van der Waals surface area contributed by atoms with E-state index < -0.39 is 17.9 Å². The Morgan fingerprint density at radius 2 is 1.87 bits per heavy atom. The van der Waals surface area contributed by atoms with E-state index in [4.69, 9.17) is 15.2 Å². The van der Waals surface area contributed by atoms with E-state index in [1.165, 1.54) is 0 Å². The van der Waals surface area contributed by atoms with Gasteiger partial charge in [0.1, 0.15) is 19.2 Å². The van der Waals surface area contributed by atoms with Crippen LogP contribution in [0.4, 0.5) is 0 Å². The number of carbonyl (C=O) groups excluding carboxylic acids is 2. The molecule has 0 heterocycles. The van der Waals surface area contributed by atoms with Gasteiger partial charge < -0.3 is 15.2 Å². The van der Waals surface area contributed by atoms with Gasteiger partial charge in [-0.3, -0.25) is 15.0 Å². The largest absolute Gasteiger partial charge is 0.460 e. The van der Waals surface area contributed by atoms with Crippen molar-refractivity contribution in [2.45, 2.75) is 39.0 Å². The Morgan fingerprint density at radius 1 is 1.22 bits per heavy atom. The van der Waals surface area contributed by atoms with Crippen LogP contribution in [0.5, 0.6) is 0 Å². The Balaban J connectivity index is 2.17. The van der Waals surface area contributed by atoms with Crippen molar-refractivity contribution in [2.24, 2.45) is 5.73 Å². The molecular weight excluding hydrogens is 298 g/mol. The van der Waals surface area contributed by atoms with E-state index in [9.17, 15) is 9.59 Å². The summed E-state index contributed by atoms with van der Waals surface area (Å²) in [5, 5.41) is 0. The third-order valence-corrected chi connectivity index (χ3v) is 2.72. The van der Waals surface area contributed by atoms with Crippen LogP contribution in [0.15, 0.2) is 30.3 Å². The molecule has 0 unspecified atom stereocenters. The van der Waals surface area contributed by atoms with Gasteiger partial charge in [-0.1, -0.05) is 30.3 Å². The van der Waals surface area contributed by atoms with Crippen LogP contribution in [0.25, 0.3) is 0 Å². The van der Waals surface area contributed by atoms with Crippen molar-refractivity contribution >= 4 is 11.9 Å². The quantitative estimate of drug-likeness (QED) is 0.475. The molecule has 0 saturated heterocycles. The smallest absolute Gasteiger partial charge is 0.322 e. The summed E-state index contributed by atoms with van der Waals surface area (Å²) >= 11 is 0. The van der Waals surface area contributed by atoms with E-state index in [1.54, 1.807) is 0 Å². The molecule has 7 heteroatoms. The number of hydrogen-bond donors (Lipinski definition) is 3. The van der Waals surface area contributed by atoms with E-state index >= 15 is 0 Å². The standard InChI is InChI=1S/C16H25N3O4/c1-16(2,3)23-11-13(17)15(21)19-18-9-14(20)22-10-12-7-5-4-6-8-12/h4-8,13,18H,9-11,17H2,1-3H3,(H,19,21)/t13-/m0/s1. The maximum Gasteiger partial charge on any atom is 0.322 e. The van der Waals surface area contributed by atoms with Gasteiger partial charge in [0.25, 0.3) is 5.91 Å². The average Bonchev–Trinajstić information content (AvgIpc) is 2.50. The second kappa shape index (κ2) is 9.24. The van der Waals surface area contributed by atoms with Gasteiger partial charge in [0.15, 0.2) is 0 Å². The summed E-state index contributed by atoms with van der Waals surface area (Å²) in [5.41, 5.74) is 11.1. The number of benzene rings is 1. The molecular formula is C16H25N3O4. The molecule has 0 aromatic heterocycles. The lowest BCUT2D eigenvalue weighted by atomic mass is 10.2. The lowest BCUT2D eigenvalue weighted by Gasteiger charge is -2.22. The molecule has 7 nitrogen and oxygen atoms in total. The second-order valence-corrected chi connectivity index (χ2v) is 6.02. The first-order valence-corrected chi connectivity index (χ1v) is 7.40. The minimum absolute atomic E-state index is 0.0927. The normalized spacial score (nSPS) is 12.5. The molecule has 0 radical (unpaired) electrons. The van der Waals surface area contributed by atoms with Crippen LogP contribution in [0.2, 0.25) is 0 Å². The Labute approximate surface area is 136 Å². The summed E-state index contributed by atoms with van der Waals surface area (Å²) in [6.07, 6.45) is 0. The SMILES string of the molecule is CC(C)(C)OC[C@H](N)C(=O)NNCC(=O)OCc1ccccc1. The molecule has 1 amide bonds. The summed E-state index contributed by atoms with van der Waals surface area (Å²) in [6, 6.07) is 8.51. The highest BCUT2D eigenvalue weighted by Gasteiger charge is 2.18. The summed E-state index contributed by atoms with van der Waals surface area (Å²) in [4.78, 5) is 23.2.